The third-order valence-corrected chi connectivity index (χ3v) is 2.37. The zero-order valence-electron chi connectivity index (χ0n) is 9.39. The van der Waals surface area contributed by atoms with Crippen molar-refractivity contribution < 1.29 is 0 Å². The molecule has 2 aromatic rings. The number of nitrogens with zero attached hydrogens (tertiary/aromatic N) is 4. The summed E-state index contributed by atoms with van der Waals surface area (Å²) in [4.78, 5) is 7.78. The Morgan fingerprint density at radius 3 is 3.00 bits per heavy atom. The summed E-state index contributed by atoms with van der Waals surface area (Å²) < 4.78 is 1.85. The highest BCUT2D eigenvalue weighted by Gasteiger charge is 2.02. The summed E-state index contributed by atoms with van der Waals surface area (Å²) >= 11 is 5.68. The van der Waals surface area contributed by atoms with Crippen LogP contribution in [0.1, 0.15) is 5.56 Å². The van der Waals surface area contributed by atoms with Crippen molar-refractivity contribution in [3.05, 3.63) is 29.4 Å². The van der Waals surface area contributed by atoms with Gasteiger partial charge in [-0.05, 0) is 24.1 Å². The Morgan fingerprint density at radius 1 is 1.47 bits per heavy atom. The predicted molar refractivity (Wildman–Crippen MR) is 66.9 cm³/mol. The highest BCUT2D eigenvalue weighted by Crippen LogP contribution is 2.15. The van der Waals surface area contributed by atoms with Gasteiger partial charge in [0.2, 0.25) is 5.28 Å². The van der Waals surface area contributed by atoms with E-state index in [1.165, 1.54) is 6.20 Å². The van der Waals surface area contributed by atoms with Crippen molar-refractivity contribution in [2.24, 2.45) is 0 Å². The molecule has 2 rings (SSSR count). The van der Waals surface area contributed by atoms with Gasteiger partial charge in [0, 0.05) is 12.7 Å². The lowest BCUT2D eigenvalue weighted by Crippen LogP contribution is -2.13. The third kappa shape index (κ3) is 3.07. The third-order valence-electron chi connectivity index (χ3n) is 2.18. The fourth-order valence-corrected chi connectivity index (χ4v) is 1.52. The summed E-state index contributed by atoms with van der Waals surface area (Å²) in [5, 5.41) is 7.44. The summed E-state index contributed by atoms with van der Waals surface area (Å²) in [6, 6.07) is 0. The number of nitrogens with one attached hydrogen (secondary N) is 1. The van der Waals surface area contributed by atoms with Gasteiger partial charge in [0.25, 0.3) is 0 Å². The van der Waals surface area contributed by atoms with Crippen molar-refractivity contribution in [1.82, 2.24) is 19.7 Å². The van der Waals surface area contributed by atoms with Gasteiger partial charge < -0.3 is 11.1 Å². The molecule has 0 saturated heterocycles. The van der Waals surface area contributed by atoms with Crippen LogP contribution in [0, 0.1) is 6.92 Å². The lowest BCUT2D eigenvalue weighted by Gasteiger charge is -2.07. The second-order valence-electron chi connectivity index (χ2n) is 3.65. The molecule has 0 aliphatic heterocycles. The van der Waals surface area contributed by atoms with Crippen molar-refractivity contribution in [2.45, 2.75) is 13.5 Å². The minimum atomic E-state index is 0.177. The predicted octanol–water partition coefficient (Wildman–Crippen LogP) is 1.33. The first kappa shape index (κ1) is 11.7. The summed E-state index contributed by atoms with van der Waals surface area (Å²) in [7, 11) is 0. The maximum atomic E-state index is 5.70. The minimum Gasteiger partial charge on any atom is -0.394 e. The van der Waals surface area contributed by atoms with E-state index in [-0.39, 0.29) is 5.28 Å². The molecule has 0 aromatic carbocycles. The molecule has 0 saturated carbocycles. The van der Waals surface area contributed by atoms with Crippen LogP contribution in [-0.4, -0.2) is 26.3 Å². The Hall–Kier alpha value is -1.82. The lowest BCUT2D eigenvalue weighted by atomic mass is 10.4. The largest absolute Gasteiger partial charge is 0.394 e. The number of aromatic nitrogens is 4. The topological polar surface area (TPSA) is 81.7 Å². The SMILES string of the molecule is Cc1cnn(CCNc2nc(Cl)ncc2N)c1. The molecule has 0 fully saturated rings. The quantitative estimate of drug-likeness (QED) is 0.803. The average Bonchev–Trinajstić information content (AvgIpc) is 2.69. The van der Waals surface area contributed by atoms with Crippen LogP contribution in [0.2, 0.25) is 5.28 Å². The van der Waals surface area contributed by atoms with Crippen LogP contribution in [0.3, 0.4) is 0 Å². The average molecular weight is 253 g/mol. The number of halogens is 1. The van der Waals surface area contributed by atoms with E-state index in [4.69, 9.17) is 17.3 Å². The molecule has 7 heteroatoms. The first-order chi connectivity index (χ1) is 8.15. The standard InChI is InChI=1S/C10H13ClN6/c1-7-4-15-17(6-7)3-2-13-9-8(12)5-14-10(11)16-9/h4-6H,2-3,12H2,1H3,(H,13,14,16). The van der Waals surface area contributed by atoms with Crippen molar-refractivity contribution in [3.63, 3.8) is 0 Å². The molecule has 17 heavy (non-hydrogen) atoms. The molecular formula is C10H13ClN6. The Bertz CT molecular complexity index is 509. The molecule has 0 amide bonds. The van der Waals surface area contributed by atoms with Crippen molar-refractivity contribution >= 4 is 23.1 Å². The lowest BCUT2D eigenvalue weighted by molar-refractivity contribution is 0.637. The van der Waals surface area contributed by atoms with E-state index in [1.807, 2.05) is 24.0 Å². The minimum absolute atomic E-state index is 0.177. The van der Waals surface area contributed by atoms with E-state index >= 15 is 0 Å². The first-order valence-corrected chi connectivity index (χ1v) is 5.54. The van der Waals surface area contributed by atoms with E-state index in [0.29, 0.717) is 18.1 Å². The van der Waals surface area contributed by atoms with E-state index in [9.17, 15) is 0 Å². The zero-order valence-corrected chi connectivity index (χ0v) is 10.1. The van der Waals surface area contributed by atoms with Gasteiger partial charge in [-0.25, -0.2) is 4.98 Å². The number of hydrogen-bond acceptors (Lipinski definition) is 5. The molecular weight excluding hydrogens is 240 g/mol. The molecule has 3 N–H and O–H groups in total. The molecule has 0 bridgehead atoms. The fraction of sp³-hybridized carbons (Fsp3) is 0.300. The molecule has 2 heterocycles. The molecule has 6 nitrogen and oxygen atoms in total. The molecule has 0 aliphatic rings. The number of rotatable bonds is 4. The highest BCUT2D eigenvalue weighted by molar-refractivity contribution is 6.28. The summed E-state index contributed by atoms with van der Waals surface area (Å²) in [5.74, 6) is 0.550. The Morgan fingerprint density at radius 2 is 2.29 bits per heavy atom. The number of hydrogen-bond donors (Lipinski definition) is 2. The van der Waals surface area contributed by atoms with Gasteiger partial charge in [-0.15, -0.1) is 0 Å². The van der Waals surface area contributed by atoms with Crippen molar-refractivity contribution in [1.29, 1.82) is 0 Å². The monoisotopic (exact) mass is 252 g/mol. The molecule has 90 valence electrons. The second kappa shape index (κ2) is 5.01. The number of nitrogen functional groups attached to an aromatic ring is 1. The van der Waals surface area contributed by atoms with E-state index < -0.39 is 0 Å². The second-order valence-corrected chi connectivity index (χ2v) is 3.99. The normalized spacial score (nSPS) is 10.5. The zero-order chi connectivity index (χ0) is 12.3. The van der Waals surface area contributed by atoms with Gasteiger partial charge in [-0.1, -0.05) is 0 Å². The fourth-order valence-electron chi connectivity index (χ4n) is 1.39. The first-order valence-electron chi connectivity index (χ1n) is 5.16. The van der Waals surface area contributed by atoms with Gasteiger partial charge in [0.05, 0.1) is 24.6 Å². The van der Waals surface area contributed by atoms with Crippen LogP contribution >= 0.6 is 11.6 Å². The highest BCUT2D eigenvalue weighted by atomic mass is 35.5. The molecule has 0 unspecified atom stereocenters. The van der Waals surface area contributed by atoms with Crippen LogP contribution in [0.25, 0.3) is 0 Å². The van der Waals surface area contributed by atoms with E-state index in [1.54, 1.807) is 0 Å². The van der Waals surface area contributed by atoms with Crippen LogP contribution < -0.4 is 11.1 Å². The molecule has 0 aliphatic carbocycles. The molecule has 0 atom stereocenters. The van der Waals surface area contributed by atoms with Crippen LogP contribution in [0.5, 0.6) is 0 Å². The van der Waals surface area contributed by atoms with Crippen molar-refractivity contribution in [3.8, 4) is 0 Å². The number of nitrogens with two attached hydrogens (primary N) is 1. The van der Waals surface area contributed by atoms with Crippen molar-refractivity contribution in [2.75, 3.05) is 17.6 Å². The maximum absolute atomic E-state index is 5.70. The van der Waals surface area contributed by atoms with E-state index in [0.717, 1.165) is 12.1 Å². The maximum Gasteiger partial charge on any atom is 0.224 e. The molecule has 0 spiro atoms. The molecule has 2 aromatic heterocycles. The van der Waals surface area contributed by atoms with Gasteiger partial charge in [-0.2, -0.15) is 10.1 Å². The number of aryl methyl sites for hydroxylation is 1. The summed E-state index contributed by atoms with van der Waals surface area (Å²) in [5.41, 5.74) is 7.32. The van der Waals surface area contributed by atoms with E-state index in [2.05, 4.69) is 20.4 Å². The Kier molecular flexibility index (Phi) is 3.43. The van der Waals surface area contributed by atoms with Gasteiger partial charge in [0.15, 0.2) is 5.82 Å². The smallest absolute Gasteiger partial charge is 0.224 e. The van der Waals surface area contributed by atoms with Crippen LogP contribution in [0.15, 0.2) is 18.6 Å². The number of anilines is 2. The Labute approximate surface area is 104 Å². The van der Waals surface area contributed by atoms with Gasteiger partial charge >= 0.3 is 0 Å². The van der Waals surface area contributed by atoms with Crippen LogP contribution in [-0.2, 0) is 6.54 Å². The Balaban J connectivity index is 1.91. The van der Waals surface area contributed by atoms with Gasteiger partial charge in [0.1, 0.15) is 0 Å². The van der Waals surface area contributed by atoms with Gasteiger partial charge in [-0.3, -0.25) is 4.68 Å². The molecule has 0 radical (unpaired) electrons. The summed E-state index contributed by atoms with van der Waals surface area (Å²) in [6.07, 6.45) is 5.27. The summed E-state index contributed by atoms with van der Waals surface area (Å²) in [6.45, 7) is 3.40. The van der Waals surface area contributed by atoms with Crippen LogP contribution in [0.4, 0.5) is 11.5 Å².